The molecule has 0 aromatic heterocycles. The molecule has 1 unspecified atom stereocenters. The first kappa shape index (κ1) is 12.6. The van der Waals surface area contributed by atoms with Gasteiger partial charge in [-0.25, -0.2) is 0 Å². The molecule has 0 spiro atoms. The van der Waals surface area contributed by atoms with Crippen molar-refractivity contribution in [3.63, 3.8) is 0 Å². The molecule has 1 aliphatic heterocycles. The number of rotatable bonds is 4. The predicted molar refractivity (Wildman–Crippen MR) is 74.0 cm³/mol. The molecular formula is C13H16Cl2S. The van der Waals surface area contributed by atoms with E-state index >= 15 is 0 Å². The zero-order valence-corrected chi connectivity index (χ0v) is 11.7. The van der Waals surface area contributed by atoms with Gasteiger partial charge in [-0.3, -0.25) is 0 Å². The minimum Gasteiger partial charge on any atom is -0.126 e. The fourth-order valence-electron chi connectivity index (χ4n) is 2.06. The minimum atomic E-state index is 0.0722. The molecule has 0 bridgehead atoms. The first-order chi connectivity index (χ1) is 7.67. The van der Waals surface area contributed by atoms with Gasteiger partial charge in [-0.2, -0.15) is 0 Å². The summed E-state index contributed by atoms with van der Waals surface area (Å²) in [5.74, 6) is 1.29. The van der Waals surface area contributed by atoms with Crippen LogP contribution in [0.15, 0.2) is 29.2 Å². The first-order valence-corrected chi connectivity index (χ1v) is 7.48. The number of hydrogen-bond donors (Lipinski definition) is 0. The summed E-state index contributed by atoms with van der Waals surface area (Å²) in [4.78, 5) is 1.43. The van der Waals surface area contributed by atoms with Crippen molar-refractivity contribution in [1.29, 1.82) is 0 Å². The zero-order valence-electron chi connectivity index (χ0n) is 9.38. The summed E-state index contributed by atoms with van der Waals surface area (Å²) >= 11 is 14.0. The Bertz CT molecular complexity index is 336. The number of alkyl halides is 2. The van der Waals surface area contributed by atoms with E-state index in [9.17, 15) is 0 Å². The topological polar surface area (TPSA) is 0 Å². The molecule has 0 nitrogen and oxygen atoms in total. The molecule has 16 heavy (non-hydrogen) atoms. The third-order valence-electron chi connectivity index (χ3n) is 3.08. The molecule has 0 saturated carbocycles. The maximum Gasteiger partial charge on any atom is 0.0289 e. The zero-order chi connectivity index (χ0) is 11.6. The molecule has 2 rings (SSSR count). The van der Waals surface area contributed by atoms with Gasteiger partial charge in [0, 0.05) is 21.9 Å². The van der Waals surface area contributed by atoms with Crippen molar-refractivity contribution in [3.8, 4) is 0 Å². The van der Waals surface area contributed by atoms with Crippen LogP contribution in [0.25, 0.3) is 0 Å². The van der Waals surface area contributed by atoms with Crippen molar-refractivity contribution < 1.29 is 0 Å². The highest BCUT2D eigenvalue weighted by atomic mass is 35.5. The summed E-state index contributed by atoms with van der Waals surface area (Å²) in [7, 11) is 0. The minimum absolute atomic E-state index is 0.0722. The summed E-state index contributed by atoms with van der Waals surface area (Å²) in [5, 5.41) is 0.639. The van der Waals surface area contributed by atoms with E-state index in [-0.39, 0.29) is 5.41 Å². The highest BCUT2D eigenvalue weighted by molar-refractivity contribution is 8.00. The largest absolute Gasteiger partial charge is 0.126 e. The number of hydrogen-bond acceptors (Lipinski definition) is 1. The molecule has 0 N–H and O–H groups in total. The molecule has 0 radical (unpaired) electrons. The molecule has 0 saturated heterocycles. The third kappa shape index (κ3) is 2.69. The van der Waals surface area contributed by atoms with E-state index in [1.807, 2.05) is 11.8 Å². The van der Waals surface area contributed by atoms with Gasteiger partial charge < -0.3 is 0 Å². The average molecular weight is 275 g/mol. The maximum absolute atomic E-state index is 6.00. The number of benzene rings is 1. The smallest absolute Gasteiger partial charge is 0.0289 e. The van der Waals surface area contributed by atoms with Gasteiger partial charge in [0.05, 0.1) is 0 Å². The predicted octanol–water partition coefficient (Wildman–Crippen LogP) is 4.58. The van der Waals surface area contributed by atoms with Crippen LogP contribution in [0.3, 0.4) is 0 Å². The lowest BCUT2D eigenvalue weighted by Crippen LogP contribution is -2.25. The second kappa shape index (κ2) is 5.20. The van der Waals surface area contributed by atoms with Crippen LogP contribution in [0, 0.1) is 5.41 Å². The highest BCUT2D eigenvalue weighted by Gasteiger charge is 2.30. The quantitative estimate of drug-likeness (QED) is 0.725. The highest BCUT2D eigenvalue weighted by Crippen LogP contribution is 2.42. The Kier molecular flexibility index (Phi) is 4.10. The van der Waals surface area contributed by atoms with Crippen molar-refractivity contribution in [1.82, 2.24) is 0 Å². The molecule has 1 aliphatic rings. The molecule has 88 valence electrons. The summed E-state index contributed by atoms with van der Waals surface area (Å²) in [5.41, 5.74) is 1.55. The van der Waals surface area contributed by atoms with Gasteiger partial charge in [-0.05, 0) is 29.9 Å². The lowest BCUT2D eigenvalue weighted by molar-refractivity contribution is 0.385. The van der Waals surface area contributed by atoms with Gasteiger partial charge in [-0.1, -0.05) is 25.1 Å². The third-order valence-corrected chi connectivity index (χ3v) is 5.69. The first-order valence-electron chi connectivity index (χ1n) is 5.53. The summed E-state index contributed by atoms with van der Waals surface area (Å²) in [6.07, 6.45) is 2.25. The molecular weight excluding hydrogens is 259 g/mol. The number of fused-ring (bicyclic) bond motifs is 1. The SMILES string of the molecule is CC(CCl)(CCl)CC1Cc2ccccc2S1. The second-order valence-corrected chi connectivity index (χ2v) is 6.71. The van der Waals surface area contributed by atoms with Crippen LogP contribution in [-0.4, -0.2) is 17.0 Å². The van der Waals surface area contributed by atoms with Crippen molar-refractivity contribution in [2.24, 2.45) is 5.41 Å². The molecule has 0 fully saturated rings. The molecule has 3 heteroatoms. The molecule has 1 atom stereocenters. The van der Waals surface area contributed by atoms with E-state index in [0.717, 1.165) is 12.8 Å². The van der Waals surface area contributed by atoms with E-state index in [1.165, 1.54) is 10.5 Å². The van der Waals surface area contributed by atoms with Crippen LogP contribution >= 0.6 is 35.0 Å². The van der Waals surface area contributed by atoms with E-state index < -0.39 is 0 Å². The lowest BCUT2D eigenvalue weighted by atomic mass is 9.88. The van der Waals surface area contributed by atoms with Crippen molar-refractivity contribution in [2.45, 2.75) is 29.9 Å². The van der Waals surface area contributed by atoms with Gasteiger partial charge in [0.1, 0.15) is 0 Å². The summed E-state index contributed by atoms with van der Waals surface area (Å²) in [6, 6.07) is 8.65. The molecule has 1 heterocycles. The monoisotopic (exact) mass is 274 g/mol. The van der Waals surface area contributed by atoms with E-state index in [0.29, 0.717) is 17.0 Å². The fourth-order valence-corrected chi connectivity index (χ4v) is 4.13. The van der Waals surface area contributed by atoms with Crippen molar-refractivity contribution >= 4 is 35.0 Å². The van der Waals surface area contributed by atoms with Crippen molar-refractivity contribution in [2.75, 3.05) is 11.8 Å². The van der Waals surface area contributed by atoms with Gasteiger partial charge in [0.2, 0.25) is 0 Å². The van der Waals surface area contributed by atoms with E-state index in [2.05, 4.69) is 31.2 Å². The molecule has 0 amide bonds. The van der Waals surface area contributed by atoms with Crippen LogP contribution in [0.2, 0.25) is 0 Å². The Morgan fingerprint density at radius 2 is 2.00 bits per heavy atom. The van der Waals surface area contributed by atoms with E-state index in [1.54, 1.807) is 0 Å². The summed E-state index contributed by atoms with van der Waals surface area (Å²) in [6.45, 7) is 2.18. The molecule has 1 aromatic rings. The van der Waals surface area contributed by atoms with Crippen LogP contribution in [-0.2, 0) is 6.42 Å². The Hall–Kier alpha value is 0.150. The Morgan fingerprint density at radius 3 is 2.62 bits per heavy atom. The van der Waals surface area contributed by atoms with Gasteiger partial charge in [0.25, 0.3) is 0 Å². The maximum atomic E-state index is 6.00. The molecule has 0 aliphatic carbocycles. The Balaban J connectivity index is 2.02. The van der Waals surface area contributed by atoms with Gasteiger partial charge >= 0.3 is 0 Å². The van der Waals surface area contributed by atoms with Crippen LogP contribution < -0.4 is 0 Å². The van der Waals surface area contributed by atoms with E-state index in [4.69, 9.17) is 23.2 Å². The Morgan fingerprint density at radius 1 is 1.31 bits per heavy atom. The van der Waals surface area contributed by atoms with Gasteiger partial charge in [-0.15, -0.1) is 35.0 Å². The normalized spacial score (nSPS) is 19.8. The van der Waals surface area contributed by atoms with Crippen LogP contribution in [0.1, 0.15) is 18.9 Å². The summed E-state index contributed by atoms with van der Waals surface area (Å²) < 4.78 is 0. The number of thioether (sulfide) groups is 1. The fraction of sp³-hybridized carbons (Fsp3) is 0.538. The Labute approximate surface area is 112 Å². The van der Waals surface area contributed by atoms with Crippen LogP contribution in [0.5, 0.6) is 0 Å². The molecule has 1 aromatic carbocycles. The second-order valence-electron chi connectivity index (χ2n) is 4.83. The van der Waals surface area contributed by atoms with Crippen molar-refractivity contribution in [3.05, 3.63) is 29.8 Å². The lowest BCUT2D eigenvalue weighted by Gasteiger charge is -2.27. The average Bonchev–Trinajstić information content (AvgIpc) is 2.70. The number of halogens is 2. The standard InChI is InChI=1S/C13H16Cl2S/c1-13(8-14,9-15)7-11-6-10-4-2-3-5-12(10)16-11/h2-5,11H,6-9H2,1H3. The van der Waals surface area contributed by atoms with Gasteiger partial charge in [0.15, 0.2) is 0 Å². The van der Waals surface area contributed by atoms with Crippen LogP contribution in [0.4, 0.5) is 0 Å².